The number of hydrogen-bond donors (Lipinski definition) is 2. The third kappa shape index (κ3) is 4.58. The molecule has 5 nitrogen and oxygen atoms in total. The maximum Gasteiger partial charge on any atom is 0.210 e. The highest BCUT2D eigenvalue weighted by atomic mass is 35.5. The van der Waals surface area contributed by atoms with Crippen molar-refractivity contribution >= 4 is 33.2 Å². The fraction of sp³-hybridized carbons (Fsp3) is 0.500. The second-order valence-corrected chi connectivity index (χ2v) is 7.26. The van der Waals surface area contributed by atoms with Crippen molar-refractivity contribution in [3.63, 3.8) is 0 Å². The van der Waals surface area contributed by atoms with Gasteiger partial charge in [-0.25, -0.2) is 8.42 Å². The SMILES string of the molecule is CS(=O)(=O)NC1CNCC[C@H](c2ccc(Cl)c(Cl)c2)O1. The number of halogens is 2. The lowest BCUT2D eigenvalue weighted by Gasteiger charge is -2.22. The van der Waals surface area contributed by atoms with E-state index in [0.29, 0.717) is 16.6 Å². The van der Waals surface area contributed by atoms with Crippen LogP contribution in [0, 0.1) is 0 Å². The molecule has 1 saturated heterocycles. The summed E-state index contributed by atoms with van der Waals surface area (Å²) in [6, 6.07) is 5.29. The summed E-state index contributed by atoms with van der Waals surface area (Å²) >= 11 is 11.9. The zero-order valence-corrected chi connectivity index (χ0v) is 13.2. The van der Waals surface area contributed by atoms with Crippen molar-refractivity contribution in [3.05, 3.63) is 33.8 Å². The maximum absolute atomic E-state index is 11.3. The average Bonchev–Trinajstić information content (AvgIpc) is 2.56. The standard InChI is InChI=1S/C12H16Cl2N2O3S/c1-20(17,18)16-12-7-15-5-4-11(19-12)8-2-3-9(13)10(14)6-8/h2-3,6,11-12,15-16H,4-5,7H2,1H3/t11-,12?/m1/s1. The molecule has 1 aliphatic heterocycles. The normalized spacial score (nSPS) is 24.4. The summed E-state index contributed by atoms with van der Waals surface area (Å²) in [5.74, 6) is 0. The molecular weight excluding hydrogens is 323 g/mol. The minimum absolute atomic E-state index is 0.237. The molecule has 0 saturated carbocycles. The van der Waals surface area contributed by atoms with Crippen molar-refractivity contribution in [1.29, 1.82) is 0 Å². The van der Waals surface area contributed by atoms with Crippen LogP contribution in [-0.4, -0.2) is 34.0 Å². The van der Waals surface area contributed by atoms with E-state index >= 15 is 0 Å². The number of hydrogen-bond acceptors (Lipinski definition) is 4. The van der Waals surface area contributed by atoms with E-state index in [1.165, 1.54) is 0 Å². The maximum atomic E-state index is 11.3. The van der Waals surface area contributed by atoms with E-state index in [9.17, 15) is 8.42 Å². The lowest BCUT2D eigenvalue weighted by Crippen LogP contribution is -2.42. The second-order valence-electron chi connectivity index (χ2n) is 4.67. The quantitative estimate of drug-likeness (QED) is 0.883. The Balaban J connectivity index is 2.15. The first-order valence-electron chi connectivity index (χ1n) is 6.13. The number of ether oxygens (including phenoxy) is 1. The molecule has 1 aromatic carbocycles. The smallest absolute Gasteiger partial charge is 0.210 e. The van der Waals surface area contributed by atoms with E-state index in [1.807, 2.05) is 6.07 Å². The van der Waals surface area contributed by atoms with Crippen LogP contribution in [0.1, 0.15) is 18.1 Å². The Morgan fingerprint density at radius 1 is 1.35 bits per heavy atom. The van der Waals surface area contributed by atoms with E-state index < -0.39 is 16.3 Å². The molecule has 1 aliphatic rings. The third-order valence-electron chi connectivity index (χ3n) is 2.90. The third-order valence-corrected chi connectivity index (χ3v) is 4.33. The van der Waals surface area contributed by atoms with Crippen molar-refractivity contribution < 1.29 is 13.2 Å². The molecule has 0 bridgehead atoms. The fourth-order valence-electron chi connectivity index (χ4n) is 2.05. The molecule has 0 spiro atoms. The van der Waals surface area contributed by atoms with E-state index in [1.54, 1.807) is 12.1 Å². The molecule has 0 aromatic heterocycles. The van der Waals surface area contributed by atoms with Gasteiger partial charge in [0.2, 0.25) is 10.0 Å². The van der Waals surface area contributed by atoms with Crippen molar-refractivity contribution in [2.24, 2.45) is 0 Å². The van der Waals surface area contributed by atoms with Gasteiger partial charge in [0, 0.05) is 6.54 Å². The van der Waals surface area contributed by atoms with Gasteiger partial charge in [-0.1, -0.05) is 29.3 Å². The molecule has 0 radical (unpaired) electrons. The Hall–Kier alpha value is -0.370. The van der Waals surface area contributed by atoms with E-state index in [4.69, 9.17) is 27.9 Å². The number of sulfonamides is 1. The van der Waals surface area contributed by atoms with Gasteiger partial charge in [0.05, 0.1) is 22.4 Å². The zero-order chi connectivity index (χ0) is 14.8. The summed E-state index contributed by atoms with van der Waals surface area (Å²) in [5.41, 5.74) is 0.878. The van der Waals surface area contributed by atoms with Gasteiger partial charge in [-0.2, -0.15) is 4.72 Å². The Bertz CT molecular complexity index is 580. The van der Waals surface area contributed by atoms with Gasteiger partial charge in [0.25, 0.3) is 0 Å². The highest BCUT2D eigenvalue weighted by Gasteiger charge is 2.24. The van der Waals surface area contributed by atoms with E-state index in [2.05, 4.69) is 10.0 Å². The van der Waals surface area contributed by atoms with Crippen LogP contribution in [0.2, 0.25) is 10.0 Å². The molecule has 1 aromatic rings. The van der Waals surface area contributed by atoms with Gasteiger partial charge < -0.3 is 10.1 Å². The van der Waals surface area contributed by atoms with E-state index in [-0.39, 0.29) is 6.10 Å². The van der Waals surface area contributed by atoms with Crippen LogP contribution in [0.15, 0.2) is 18.2 Å². The second kappa shape index (κ2) is 6.60. The van der Waals surface area contributed by atoms with Gasteiger partial charge >= 0.3 is 0 Å². The molecule has 2 N–H and O–H groups in total. The molecule has 1 unspecified atom stereocenters. The molecule has 20 heavy (non-hydrogen) atoms. The summed E-state index contributed by atoms with van der Waals surface area (Å²) in [6.07, 6.45) is 0.987. The Labute approximate surface area is 128 Å². The van der Waals surface area contributed by atoms with Crippen molar-refractivity contribution in [3.8, 4) is 0 Å². The van der Waals surface area contributed by atoms with E-state index in [0.717, 1.165) is 24.8 Å². The van der Waals surface area contributed by atoms with Crippen LogP contribution in [-0.2, 0) is 14.8 Å². The molecule has 2 atom stereocenters. The number of benzene rings is 1. The van der Waals surface area contributed by atoms with Crippen LogP contribution < -0.4 is 10.0 Å². The molecule has 1 heterocycles. The molecule has 0 amide bonds. The first-order chi connectivity index (χ1) is 9.35. The summed E-state index contributed by atoms with van der Waals surface area (Å²) in [4.78, 5) is 0. The minimum atomic E-state index is -3.32. The molecule has 1 fully saturated rings. The highest BCUT2D eigenvalue weighted by Crippen LogP contribution is 2.29. The molecule has 2 rings (SSSR count). The molecule has 112 valence electrons. The van der Waals surface area contributed by atoms with Crippen LogP contribution in [0.25, 0.3) is 0 Å². The van der Waals surface area contributed by atoms with Gasteiger partial charge in [-0.05, 0) is 30.7 Å². The van der Waals surface area contributed by atoms with Crippen molar-refractivity contribution in [2.75, 3.05) is 19.3 Å². The Morgan fingerprint density at radius 3 is 2.75 bits per heavy atom. The zero-order valence-electron chi connectivity index (χ0n) is 10.9. The number of rotatable bonds is 3. The lowest BCUT2D eigenvalue weighted by atomic mass is 10.1. The minimum Gasteiger partial charge on any atom is -0.353 e. The summed E-state index contributed by atoms with van der Waals surface area (Å²) in [6.45, 7) is 1.15. The first-order valence-corrected chi connectivity index (χ1v) is 8.78. The highest BCUT2D eigenvalue weighted by molar-refractivity contribution is 7.88. The van der Waals surface area contributed by atoms with Crippen LogP contribution in [0.5, 0.6) is 0 Å². The molecule has 0 aliphatic carbocycles. The van der Waals surface area contributed by atoms with Crippen molar-refractivity contribution in [2.45, 2.75) is 18.8 Å². The largest absolute Gasteiger partial charge is 0.353 e. The van der Waals surface area contributed by atoms with Crippen LogP contribution >= 0.6 is 23.2 Å². The fourth-order valence-corrected chi connectivity index (χ4v) is 2.97. The van der Waals surface area contributed by atoms with Crippen LogP contribution in [0.3, 0.4) is 0 Å². The summed E-state index contributed by atoms with van der Waals surface area (Å²) < 4.78 is 30.9. The predicted molar refractivity (Wildman–Crippen MR) is 79.5 cm³/mol. The van der Waals surface area contributed by atoms with Gasteiger partial charge in [0.15, 0.2) is 0 Å². The Kier molecular flexibility index (Phi) is 5.28. The Morgan fingerprint density at radius 2 is 2.10 bits per heavy atom. The van der Waals surface area contributed by atoms with Gasteiger partial charge in [-0.3, -0.25) is 0 Å². The summed E-state index contributed by atoms with van der Waals surface area (Å²) in [5, 5.41) is 4.07. The lowest BCUT2D eigenvalue weighted by molar-refractivity contribution is -0.00807. The van der Waals surface area contributed by atoms with Crippen molar-refractivity contribution in [1.82, 2.24) is 10.0 Å². The first kappa shape index (κ1) is 16.0. The molecular formula is C12H16Cl2N2O3S. The number of nitrogens with one attached hydrogen (secondary N) is 2. The summed E-state index contributed by atoms with van der Waals surface area (Å²) in [7, 11) is -3.32. The predicted octanol–water partition coefficient (Wildman–Crippen LogP) is 1.92. The van der Waals surface area contributed by atoms with Crippen LogP contribution in [0.4, 0.5) is 0 Å². The monoisotopic (exact) mass is 338 g/mol. The average molecular weight is 339 g/mol. The molecule has 8 heteroatoms. The van der Waals surface area contributed by atoms with Gasteiger partial charge in [-0.15, -0.1) is 0 Å². The topological polar surface area (TPSA) is 67.4 Å². The van der Waals surface area contributed by atoms with Gasteiger partial charge in [0.1, 0.15) is 6.23 Å².